The highest BCUT2D eigenvalue weighted by atomic mass is 16.5. The Balaban J connectivity index is 1.18. The summed E-state index contributed by atoms with van der Waals surface area (Å²) < 4.78 is 9.23. The number of fused-ring (bicyclic) bond motifs is 5. The van der Waals surface area contributed by atoms with Gasteiger partial charge in [0.15, 0.2) is 0 Å². The Morgan fingerprint density at radius 3 is 2.73 bits per heavy atom. The third-order valence-corrected chi connectivity index (χ3v) is 7.63. The van der Waals surface area contributed by atoms with Crippen molar-refractivity contribution in [1.82, 2.24) is 24.7 Å². The van der Waals surface area contributed by atoms with Crippen molar-refractivity contribution in [3.05, 3.63) is 64.7 Å². The topological polar surface area (TPSA) is 97.6 Å². The minimum Gasteiger partial charge on any atom is -0.497 e. The third kappa shape index (κ3) is 5.08. The molecule has 1 aromatic carbocycles. The fourth-order valence-electron chi connectivity index (χ4n) is 5.73. The van der Waals surface area contributed by atoms with Crippen molar-refractivity contribution in [1.29, 1.82) is 0 Å². The van der Waals surface area contributed by atoms with E-state index in [0.29, 0.717) is 32.7 Å². The second-order valence-corrected chi connectivity index (χ2v) is 10.5. The summed E-state index contributed by atoms with van der Waals surface area (Å²) in [6.45, 7) is 6.70. The lowest BCUT2D eigenvalue weighted by Gasteiger charge is -2.43. The summed E-state index contributed by atoms with van der Waals surface area (Å²) >= 11 is 0. The van der Waals surface area contributed by atoms with Crippen LogP contribution in [0.2, 0.25) is 0 Å². The number of pyridine rings is 1. The molecule has 3 amide bonds. The molecule has 1 fully saturated rings. The van der Waals surface area contributed by atoms with Gasteiger partial charge in [-0.25, -0.2) is 4.79 Å². The molecule has 2 bridgehead atoms. The first-order valence-corrected chi connectivity index (χ1v) is 13.0. The van der Waals surface area contributed by atoms with Crippen LogP contribution >= 0.6 is 0 Å². The number of likely N-dealkylation sites (tertiary alicyclic amines) is 1. The monoisotopic (exact) mass is 505 g/mol. The minimum absolute atomic E-state index is 0.0225. The number of benzene rings is 1. The number of piperidine rings is 1. The molecule has 2 N–H and O–H groups in total. The molecular formula is C28H35N5O4. The average molecular weight is 506 g/mol. The van der Waals surface area contributed by atoms with Crippen molar-refractivity contribution < 1.29 is 14.3 Å². The fourth-order valence-corrected chi connectivity index (χ4v) is 5.73. The Kier molecular flexibility index (Phi) is 6.95. The number of aromatic nitrogens is 2. The maximum Gasteiger partial charge on any atom is 0.318 e. The summed E-state index contributed by atoms with van der Waals surface area (Å²) in [7, 11) is 1.65. The number of hydrogen-bond acceptors (Lipinski definition) is 4. The second kappa shape index (κ2) is 10.3. The van der Waals surface area contributed by atoms with Crippen molar-refractivity contribution in [2.75, 3.05) is 26.7 Å². The standard InChI is InChI=1S/C28H35N5O4/c1-18(2)26(27(35)29-10-12-31-11-9-20-14-22(37-3)7-8-23(20)31)30-28(36)32-15-19-13-21(17-32)24-5-4-6-25(34)33(24)16-19/h4-9,11,14,18-19,21,26H,10,12-13,15-17H2,1-3H3,(H,29,35)(H,30,36)/t19-,21+,26-/m0/s1. The van der Waals surface area contributed by atoms with E-state index in [-0.39, 0.29) is 35.3 Å². The first-order chi connectivity index (χ1) is 17.8. The summed E-state index contributed by atoms with van der Waals surface area (Å²) in [6.07, 6.45) is 2.97. The summed E-state index contributed by atoms with van der Waals surface area (Å²) in [5.41, 5.74) is 2.09. The Morgan fingerprint density at radius 1 is 1.11 bits per heavy atom. The lowest BCUT2D eigenvalue weighted by atomic mass is 9.83. The number of amides is 3. The number of nitrogens with zero attached hydrogens (tertiary/aromatic N) is 3. The molecule has 3 atom stereocenters. The van der Waals surface area contributed by atoms with Gasteiger partial charge in [-0.1, -0.05) is 19.9 Å². The number of nitrogens with one attached hydrogen (secondary N) is 2. The fraction of sp³-hybridized carbons (Fsp3) is 0.464. The number of carbonyl (C=O) groups is 2. The molecule has 9 nitrogen and oxygen atoms in total. The first kappa shape index (κ1) is 24.9. The number of hydrogen-bond donors (Lipinski definition) is 2. The zero-order valence-corrected chi connectivity index (χ0v) is 21.6. The molecule has 0 saturated carbocycles. The predicted molar refractivity (Wildman–Crippen MR) is 142 cm³/mol. The van der Waals surface area contributed by atoms with Gasteiger partial charge >= 0.3 is 6.03 Å². The van der Waals surface area contributed by atoms with Crippen molar-refractivity contribution in [2.24, 2.45) is 11.8 Å². The van der Waals surface area contributed by atoms with Gasteiger partial charge in [-0.05, 0) is 48.6 Å². The van der Waals surface area contributed by atoms with Crippen LogP contribution < -0.4 is 20.9 Å². The van der Waals surface area contributed by atoms with Crippen molar-refractivity contribution in [2.45, 2.75) is 45.3 Å². The molecule has 0 spiro atoms. The van der Waals surface area contributed by atoms with Gasteiger partial charge in [0.2, 0.25) is 5.91 Å². The van der Waals surface area contributed by atoms with E-state index >= 15 is 0 Å². The second-order valence-electron chi connectivity index (χ2n) is 10.5. The van der Waals surface area contributed by atoms with E-state index in [4.69, 9.17) is 4.74 Å². The van der Waals surface area contributed by atoms with Gasteiger partial charge in [-0.3, -0.25) is 9.59 Å². The van der Waals surface area contributed by atoms with Crippen molar-refractivity contribution in [3.63, 3.8) is 0 Å². The molecule has 1 saturated heterocycles. The lowest BCUT2D eigenvalue weighted by Crippen LogP contribution is -2.57. The zero-order valence-electron chi connectivity index (χ0n) is 21.6. The van der Waals surface area contributed by atoms with Crippen LogP contribution in [0.3, 0.4) is 0 Å². The van der Waals surface area contributed by atoms with E-state index in [0.717, 1.165) is 28.8 Å². The van der Waals surface area contributed by atoms with Gasteiger partial charge in [0.1, 0.15) is 11.8 Å². The minimum atomic E-state index is -0.630. The predicted octanol–water partition coefficient (Wildman–Crippen LogP) is 2.78. The maximum absolute atomic E-state index is 13.2. The highest BCUT2D eigenvalue weighted by molar-refractivity contribution is 5.87. The van der Waals surface area contributed by atoms with Crippen LogP contribution in [0.5, 0.6) is 5.75 Å². The molecule has 2 aliphatic heterocycles. The van der Waals surface area contributed by atoms with E-state index in [2.05, 4.69) is 15.2 Å². The maximum atomic E-state index is 13.2. The lowest BCUT2D eigenvalue weighted by molar-refractivity contribution is -0.124. The molecule has 37 heavy (non-hydrogen) atoms. The van der Waals surface area contributed by atoms with Gasteiger partial charge in [0.05, 0.1) is 7.11 Å². The van der Waals surface area contributed by atoms with Crippen LogP contribution in [0, 0.1) is 11.8 Å². The van der Waals surface area contributed by atoms with Crippen molar-refractivity contribution >= 4 is 22.8 Å². The number of methoxy groups -OCH3 is 1. The van der Waals surface area contributed by atoms with Gasteiger partial charge in [0.25, 0.3) is 5.56 Å². The highest BCUT2D eigenvalue weighted by Gasteiger charge is 2.37. The molecule has 0 aliphatic carbocycles. The van der Waals surface area contributed by atoms with E-state index in [9.17, 15) is 14.4 Å². The molecule has 0 unspecified atom stereocenters. The van der Waals surface area contributed by atoms with E-state index < -0.39 is 6.04 Å². The van der Waals surface area contributed by atoms with Crippen molar-refractivity contribution in [3.8, 4) is 5.75 Å². The molecule has 0 radical (unpaired) electrons. The normalized spacial score (nSPS) is 19.4. The number of urea groups is 1. The third-order valence-electron chi connectivity index (χ3n) is 7.63. The molecule has 2 aliphatic rings. The van der Waals surface area contributed by atoms with Gasteiger partial charge in [0, 0.05) is 67.5 Å². The Bertz CT molecular complexity index is 1360. The molecule has 9 heteroatoms. The molecule has 3 aromatic rings. The van der Waals surface area contributed by atoms with E-state index in [1.165, 1.54) is 0 Å². The van der Waals surface area contributed by atoms with Crippen LogP contribution in [-0.2, 0) is 17.9 Å². The van der Waals surface area contributed by atoms with E-state index in [1.54, 1.807) is 19.2 Å². The number of rotatable bonds is 7. The number of ether oxygens (including phenoxy) is 1. The summed E-state index contributed by atoms with van der Waals surface area (Å²) in [6, 6.07) is 12.5. The highest BCUT2D eigenvalue weighted by Crippen LogP contribution is 2.35. The van der Waals surface area contributed by atoms with Gasteiger partial charge < -0.3 is 29.4 Å². The zero-order chi connectivity index (χ0) is 26.1. The Hall–Kier alpha value is -3.75. The Morgan fingerprint density at radius 2 is 1.95 bits per heavy atom. The molecule has 5 rings (SSSR count). The Labute approximate surface area is 216 Å². The van der Waals surface area contributed by atoms with E-state index in [1.807, 2.05) is 59.8 Å². The summed E-state index contributed by atoms with van der Waals surface area (Å²) in [5.74, 6) is 0.933. The average Bonchev–Trinajstić information content (AvgIpc) is 3.29. The van der Waals surface area contributed by atoms with Crippen LogP contribution in [0.4, 0.5) is 4.79 Å². The number of carbonyl (C=O) groups excluding carboxylic acids is 2. The van der Waals surface area contributed by atoms with Gasteiger partial charge in [-0.2, -0.15) is 0 Å². The largest absolute Gasteiger partial charge is 0.497 e. The summed E-state index contributed by atoms with van der Waals surface area (Å²) in [5, 5.41) is 7.06. The smallest absolute Gasteiger partial charge is 0.318 e. The van der Waals surface area contributed by atoms with Crippen LogP contribution in [0.1, 0.15) is 31.9 Å². The van der Waals surface area contributed by atoms with Crippen LogP contribution in [0.15, 0.2) is 53.5 Å². The van der Waals surface area contributed by atoms with Crippen LogP contribution in [0.25, 0.3) is 10.9 Å². The SMILES string of the molecule is COc1ccc2c(ccn2CCNC(=O)[C@@H](NC(=O)N2C[C@@H]3C[C@H](C2)c2cccc(=O)n2C3)C(C)C)c1. The molecule has 4 heterocycles. The quantitative estimate of drug-likeness (QED) is 0.516. The van der Waals surface area contributed by atoms with Crippen LogP contribution in [-0.4, -0.2) is 58.8 Å². The van der Waals surface area contributed by atoms with Gasteiger partial charge in [-0.15, -0.1) is 0 Å². The summed E-state index contributed by atoms with van der Waals surface area (Å²) in [4.78, 5) is 40.4. The molecule has 196 valence electrons. The first-order valence-electron chi connectivity index (χ1n) is 13.0. The molecular weight excluding hydrogens is 470 g/mol. The molecule has 2 aromatic heterocycles.